The summed E-state index contributed by atoms with van der Waals surface area (Å²) in [6.45, 7) is 8.77. The number of nitrogens with zero attached hydrogens (tertiary/aromatic N) is 4. The summed E-state index contributed by atoms with van der Waals surface area (Å²) in [5.41, 5.74) is 6.79. The molecule has 0 unspecified atom stereocenters. The van der Waals surface area contributed by atoms with Gasteiger partial charge in [0.2, 0.25) is 0 Å². The molecule has 0 amide bonds. The fourth-order valence-corrected chi connectivity index (χ4v) is 4.40. The standard InChI is InChI=1S/C29H29N5O2/c1-5-36-28-31-24-12-8-11-23(27(35)29(2,3)4)26(24)34(28)18-19-13-15-20(16-14-19)21-9-6-7-10-22(21)25-17-30-33-32-25/h6-17H,5,18H2,1-4H3,(H,30,32,33). The highest BCUT2D eigenvalue weighted by Crippen LogP contribution is 2.33. The van der Waals surface area contributed by atoms with Crippen LogP contribution in [-0.2, 0) is 6.54 Å². The Morgan fingerprint density at radius 2 is 1.72 bits per heavy atom. The van der Waals surface area contributed by atoms with E-state index in [9.17, 15) is 4.79 Å². The molecule has 0 aliphatic carbocycles. The van der Waals surface area contributed by atoms with Crippen LogP contribution < -0.4 is 4.74 Å². The van der Waals surface area contributed by atoms with Gasteiger partial charge in [-0.1, -0.05) is 75.4 Å². The van der Waals surface area contributed by atoms with Crippen LogP contribution in [0.5, 0.6) is 6.01 Å². The monoisotopic (exact) mass is 479 g/mol. The number of benzene rings is 3. The zero-order valence-corrected chi connectivity index (χ0v) is 20.9. The Hall–Kier alpha value is -4.26. The van der Waals surface area contributed by atoms with Crippen LogP contribution in [0.3, 0.4) is 0 Å². The number of fused-ring (bicyclic) bond motifs is 1. The Kier molecular flexibility index (Phi) is 6.14. The number of H-pyrrole nitrogens is 1. The van der Waals surface area contributed by atoms with Crippen molar-refractivity contribution in [3.05, 3.63) is 84.1 Å². The van der Waals surface area contributed by atoms with Crippen LogP contribution in [-0.4, -0.2) is 37.4 Å². The molecule has 5 rings (SSSR count). The molecule has 1 N–H and O–H groups in total. The fraction of sp³-hybridized carbons (Fsp3) is 0.241. The summed E-state index contributed by atoms with van der Waals surface area (Å²) in [6, 6.07) is 22.8. The third kappa shape index (κ3) is 4.40. The second-order valence-electron chi connectivity index (χ2n) is 9.76. The van der Waals surface area contributed by atoms with Gasteiger partial charge < -0.3 is 4.74 Å². The average molecular weight is 480 g/mol. The molecule has 0 fully saturated rings. The van der Waals surface area contributed by atoms with Crippen molar-refractivity contribution in [1.29, 1.82) is 0 Å². The van der Waals surface area contributed by atoms with Crippen LogP contribution in [0.1, 0.15) is 43.6 Å². The number of aromatic nitrogens is 5. The van der Waals surface area contributed by atoms with Crippen molar-refractivity contribution in [1.82, 2.24) is 25.0 Å². The van der Waals surface area contributed by atoms with E-state index in [-0.39, 0.29) is 5.78 Å². The number of carbonyl (C=O) groups is 1. The lowest BCUT2D eigenvalue weighted by atomic mass is 9.86. The van der Waals surface area contributed by atoms with Gasteiger partial charge in [-0.2, -0.15) is 20.4 Å². The summed E-state index contributed by atoms with van der Waals surface area (Å²) in [7, 11) is 0. The van der Waals surface area contributed by atoms with E-state index in [4.69, 9.17) is 9.72 Å². The van der Waals surface area contributed by atoms with E-state index < -0.39 is 5.41 Å². The van der Waals surface area contributed by atoms with Gasteiger partial charge in [-0.25, -0.2) is 0 Å². The van der Waals surface area contributed by atoms with Crippen molar-refractivity contribution in [2.45, 2.75) is 34.2 Å². The summed E-state index contributed by atoms with van der Waals surface area (Å²) in [4.78, 5) is 18.0. The van der Waals surface area contributed by atoms with E-state index >= 15 is 0 Å². The number of Topliss-reactive ketones (excluding diaryl/α,β-unsaturated/α-hetero) is 1. The number of carbonyl (C=O) groups excluding carboxylic acids is 1. The molecule has 2 heterocycles. The molecule has 7 heteroatoms. The highest BCUT2D eigenvalue weighted by Gasteiger charge is 2.27. The topological polar surface area (TPSA) is 85.7 Å². The van der Waals surface area contributed by atoms with E-state index in [1.54, 1.807) is 6.20 Å². The summed E-state index contributed by atoms with van der Waals surface area (Å²) < 4.78 is 7.90. The molecule has 0 aliphatic heterocycles. The predicted molar refractivity (Wildman–Crippen MR) is 141 cm³/mol. The number of nitrogens with one attached hydrogen (secondary N) is 1. The molecule has 5 aromatic rings. The number of imidazole rings is 1. The first kappa shape index (κ1) is 23.5. The maximum atomic E-state index is 13.3. The average Bonchev–Trinajstić information content (AvgIpc) is 3.53. The molecular formula is C29H29N5O2. The van der Waals surface area contributed by atoms with Crippen molar-refractivity contribution in [3.63, 3.8) is 0 Å². The largest absolute Gasteiger partial charge is 0.465 e. The number of aromatic amines is 1. The Balaban J connectivity index is 1.54. The van der Waals surface area contributed by atoms with Gasteiger partial charge >= 0.3 is 0 Å². The summed E-state index contributed by atoms with van der Waals surface area (Å²) in [6.07, 6.45) is 1.73. The minimum absolute atomic E-state index is 0.0807. The Morgan fingerprint density at radius 3 is 2.39 bits per heavy atom. The lowest BCUT2D eigenvalue weighted by Crippen LogP contribution is -2.21. The summed E-state index contributed by atoms with van der Waals surface area (Å²) >= 11 is 0. The second-order valence-corrected chi connectivity index (χ2v) is 9.76. The van der Waals surface area contributed by atoms with Gasteiger partial charge in [-0.15, -0.1) is 0 Å². The van der Waals surface area contributed by atoms with Crippen LogP contribution in [0.2, 0.25) is 0 Å². The number of ketones is 1. The molecule has 0 saturated heterocycles. The molecule has 0 bridgehead atoms. The molecule has 36 heavy (non-hydrogen) atoms. The van der Waals surface area contributed by atoms with Crippen molar-refractivity contribution >= 4 is 16.8 Å². The molecule has 0 aliphatic rings. The molecule has 0 radical (unpaired) electrons. The van der Waals surface area contributed by atoms with Gasteiger partial charge in [0.25, 0.3) is 6.01 Å². The third-order valence-corrected chi connectivity index (χ3v) is 6.15. The van der Waals surface area contributed by atoms with E-state index in [1.165, 1.54) is 0 Å². The Labute approximate surface area is 210 Å². The van der Waals surface area contributed by atoms with Crippen LogP contribution in [0.15, 0.2) is 72.9 Å². The number of hydrogen-bond acceptors (Lipinski definition) is 5. The minimum atomic E-state index is -0.506. The molecule has 0 spiro atoms. The Bertz CT molecular complexity index is 1510. The summed E-state index contributed by atoms with van der Waals surface area (Å²) in [5.74, 6) is 0.0807. The van der Waals surface area contributed by atoms with Crippen LogP contribution in [0.25, 0.3) is 33.4 Å². The minimum Gasteiger partial charge on any atom is -0.465 e. The maximum absolute atomic E-state index is 13.3. The SMILES string of the molecule is CCOc1nc2cccc(C(=O)C(C)(C)C)c2n1Cc1ccc(-c2ccccc2-c2cn[nH]n2)cc1. The van der Waals surface area contributed by atoms with E-state index in [1.807, 2.05) is 68.7 Å². The lowest BCUT2D eigenvalue weighted by molar-refractivity contribution is 0.0859. The first-order valence-corrected chi connectivity index (χ1v) is 12.1. The zero-order valence-electron chi connectivity index (χ0n) is 20.9. The van der Waals surface area contributed by atoms with Crippen LogP contribution in [0.4, 0.5) is 0 Å². The van der Waals surface area contributed by atoms with Crippen LogP contribution in [0, 0.1) is 5.41 Å². The molecule has 0 atom stereocenters. The predicted octanol–water partition coefficient (Wildman–Crippen LogP) is 6.16. The molecule has 2 aromatic heterocycles. The molecule has 7 nitrogen and oxygen atoms in total. The number of ether oxygens (including phenoxy) is 1. The van der Waals surface area contributed by atoms with Gasteiger partial charge in [0.1, 0.15) is 5.69 Å². The molecule has 3 aromatic carbocycles. The molecule has 0 saturated carbocycles. The van der Waals surface area contributed by atoms with Crippen molar-refractivity contribution in [3.8, 4) is 28.4 Å². The van der Waals surface area contributed by atoms with Crippen molar-refractivity contribution < 1.29 is 9.53 Å². The smallest absolute Gasteiger partial charge is 0.297 e. The number of rotatable bonds is 7. The lowest BCUT2D eigenvalue weighted by Gasteiger charge is -2.18. The first-order chi connectivity index (χ1) is 17.4. The highest BCUT2D eigenvalue weighted by atomic mass is 16.5. The van der Waals surface area contributed by atoms with E-state index in [2.05, 4.69) is 45.7 Å². The van der Waals surface area contributed by atoms with E-state index in [0.717, 1.165) is 39.0 Å². The van der Waals surface area contributed by atoms with Gasteiger partial charge in [-0.3, -0.25) is 9.36 Å². The van der Waals surface area contributed by atoms with Gasteiger partial charge in [0.15, 0.2) is 5.78 Å². The van der Waals surface area contributed by atoms with E-state index in [0.29, 0.717) is 24.7 Å². The third-order valence-electron chi connectivity index (χ3n) is 6.15. The van der Waals surface area contributed by atoms with Crippen LogP contribution >= 0.6 is 0 Å². The molecular weight excluding hydrogens is 450 g/mol. The summed E-state index contributed by atoms with van der Waals surface area (Å²) in [5, 5.41) is 10.9. The zero-order chi connectivity index (χ0) is 25.3. The highest BCUT2D eigenvalue weighted by molar-refractivity contribution is 6.09. The first-order valence-electron chi connectivity index (χ1n) is 12.1. The van der Waals surface area contributed by atoms with Gasteiger partial charge in [0, 0.05) is 16.5 Å². The quantitative estimate of drug-likeness (QED) is 0.282. The normalized spacial score (nSPS) is 11.7. The van der Waals surface area contributed by atoms with Crippen molar-refractivity contribution in [2.24, 2.45) is 5.41 Å². The number of hydrogen-bond donors (Lipinski definition) is 1. The Morgan fingerprint density at radius 1 is 0.972 bits per heavy atom. The second kappa shape index (κ2) is 9.41. The van der Waals surface area contributed by atoms with Crippen molar-refractivity contribution in [2.75, 3.05) is 6.61 Å². The number of para-hydroxylation sites is 1. The maximum Gasteiger partial charge on any atom is 0.297 e. The molecule has 182 valence electrons. The van der Waals surface area contributed by atoms with Gasteiger partial charge in [-0.05, 0) is 35.7 Å². The fourth-order valence-electron chi connectivity index (χ4n) is 4.40. The van der Waals surface area contributed by atoms with Gasteiger partial charge in [0.05, 0.1) is 30.4 Å².